The molecular weight excluding hydrogens is 372 g/mol. The lowest BCUT2D eigenvalue weighted by atomic mass is 10.1. The summed E-state index contributed by atoms with van der Waals surface area (Å²) in [5.41, 5.74) is 5.78. The fraction of sp³-hybridized carbons (Fsp3) is 0.120. The highest BCUT2D eigenvalue weighted by molar-refractivity contribution is 6.15. The Morgan fingerprint density at radius 1 is 0.833 bits per heavy atom. The van der Waals surface area contributed by atoms with E-state index in [-0.39, 0.29) is 5.91 Å². The van der Waals surface area contributed by atoms with Crippen molar-refractivity contribution in [2.75, 3.05) is 18.4 Å². The van der Waals surface area contributed by atoms with Crippen LogP contribution in [0.3, 0.4) is 0 Å². The van der Waals surface area contributed by atoms with Crippen molar-refractivity contribution in [1.82, 2.24) is 15.3 Å². The average Bonchev–Trinajstić information content (AvgIpc) is 3.17. The highest BCUT2D eigenvalue weighted by atomic mass is 16.1. The second-order valence-corrected chi connectivity index (χ2v) is 7.30. The van der Waals surface area contributed by atoms with Crippen LogP contribution >= 0.6 is 0 Å². The second kappa shape index (κ2) is 7.87. The van der Waals surface area contributed by atoms with Crippen molar-refractivity contribution < 1.29 is 4.79 Å². The zero-order chi connectivity index (χ0) is 20.3. The zero-order valence-corrected chi connectivity index (χ0v) is 16.5. The predicted molar refractivity (Wildman–Crippen MR) is 123 cm³/mol. The molecule has 148 valence electrons. The van der Waals surface area contributed by atoms with E-state index < -0.39 is 0 Å². The van der Waals surface area contributed by atoms with Gasteiger partial charge in [0.05, 0.1) is 22.2 Å². The Bertz CT molecular complexity index is 1340. The molecule has 0 aliphatic rings. The number of para-hydroxylation sites is 2. The summed E-state index contributed by atoms with van der Waals surface area (Å²) < 4.78 is 0. The first-order chi connectivity index (χ1) is 14.8. The fourth-order valence-corrected chi connectivity index (χ4v) is 3.84. The minimum atomic E-state index is -0.0389. The molecule has 0 bridgehead atoms. The molecule has 0 spiro atoms. The summed E-state index contributed by atoms with van der Waals surface area (Å²) in [6, 6.07) is 25.7. The Labute approximate surface area is 174 Å². The molecular formula is C25H22N4O. The number of hydrogen-bond donors (Lipinski definition) is 3. The van der Waals surface area contributed by atoms with Gasteiger partial charge in [-0.05, 0) is 30.7 Å². The van der Waals surface area contributed by atoms with E-state index in [1.807, 2.05) is 60.7 Å². The summed E-state index contributed by atoms with van der Waals surface area (Å²) in [5.74, 6) is -0.0389. The zero-order valence-electron chi connectivity index (χ0n) is 16.5. The van der Waals surface area contributed by atoms with Gasteiger partial charge in [-0.2, -0.15) is 0 Å². The smallest absolute Gasteiger partial charge is 0.251 e. The van der Waals surface area contributed by atoms with Crippen molar-refractivity contribution in [2.24, 2.45) is 0 Å². The molecule has 0 saturated heterocycles. The number of hydrogen-bond acceptors (Lipinski definition) is 3. The molecule has 3 N–H and O–H groups in total. The Hall–Kier alpha value is -3.86. The lowest BCUT2D eigenvalue weighted by molar-refractivity contribution is 0.0953. The van der Waals surface area contributed by atoms with Crippen molar-refractivity contribution in [1.29, 1.82) is 0 Å². The van der Waals surface area contributed by atoms with Crippen LogP contribution in [-0.2, 0) is 0 Å². The van der Waals surface area contributed by atoms with Crippen molar-refractivity contribution in [2.45, 2.75) is 6.42 Å². The van der Waals surface area contributed by atoms with Crippen molar-refractivity contribution in [3.05, 3.63) is 84.4 Å². The van der Waals surface area contributed by atoms with E-state index in [4.69, 9.17) is 4.98 Å². The van der Waals surface area contributed by atoms with Gasteiger partial charge in [0.1, 0.15) is 0 Å². The number of nitrogens with zero attached hydrogens (tertiary/aromatic N) is 1. The normalized spacial score (nSPS) is 11.2. The van der Waals surface area contributed by atoms with E-state index in [9.17, 15) is 4.79 Å². The van der Waals surface area contributed by atoms with Gasteiger partial charge in [0.25, 0.3) is 5.91 Å². The number of H-pyrrole nitrogens is 1. The molecule has 2 heterocycles. The molecule has 5 rings (SSSR count). The molecule has 3 aromatic carbocycles. The van der Waals surface area contributed by atoms with Crippen LogP contribution in [0.15, 0.2) is 78.9 Å². The third-order valence-electron chi connectivity index (χ3n) is 5.31. The van der Waals surface area contributed by atoms with E-state index in [1.54, 1.807) is 0 Å². The summed E-state index contributed by atoms with van der Waals surface area (Å²) in [5, 5.41) is 8.77. The van der Waals surface area contributed by atoms with Gasteiger partial charge in [0, 0.05) is 34.9 Å². The maximum absolute atomic E-state index is 12.2. The molecule has 5 heteroatoms. The molecule has 0 radical (unpaired) electrons. The number of carbonyl (C=O) groups excluding carboxylic acids is 1. The van der Waals surface area contributed by atoms with Gasteiger partial charge in [-0.1, -0.05) is 54.6 Å². The maximum atomic E-state index is 12.2. The van der Waals surface area contributed by atoms with Gasteiger partial charge in [-0.25, -0.2) is 4.98 Å². The minimum absolute atomic E-state index is 0.0389. The van der Waals surface area contributed by atoms with E-state index in [2.05, 4.69) is 33.8 Å². The van der Waals surface area contributed by atoms with E-state index in [1.165, 1.54) is 0 Å². The number of carbonyl (C=O) groups is 1. The molecule has 0 aliphatic heterocycles. The molecule has 0 fully saturated rings. The standard InChI is InChI=1S/C25H22N4O/c30-25(17-9-2-1-3-10-17)27-16-8-15-26-22-18-11-4-6-13-20(18)28-23-19-12-5-7-14-21(19)29-24(22)23/h1-7,9-14,29H,8,15-16H2,(H,26,28)(H,27,30). The van der Waals surface area contributed by atoms with Crippen LogP contribution in [0.25, 0.3) is 32.8 Å². The minimum Gasteiger partial charge on any atom is -0.383 e. The summed E-state index contributed by atoms with van der Waals surface area (Å²) in [6.45, 7) is 1.35. The number of rotatable bonds is 6. The van der Waals surface area contributed by atoms with Gasteiger partial charge >= 0.3 is 0 Å². The molecule has 0 unspecified atom stereocenters. The predicted octanol–water partition coefficient (Wildman–Crippen LogP) is 5.10. The lowest BCUT2D eigenvalue weighted by Crippen LogP contribution is -2.25. The Morgan fingerprint density at radius 2 is 1.57 bits per heavy atom. The fourth-order valence-electron chi connectivity index (χ4n) is 3.84. The molecule has 0 aliphatic carbocycles. The van der Waals surface area contributed by atoms with Crippen LogP contribution in [0.5, 0.6) is 0 Å². The number of amides is 1. The first-order valence-electron chi connectivity index (χ1n) is 10.2. The van der Waals surface area contributed by atoms with E-state index >= 15 is 0 Å². The highest BCUT2D eigenvalue weighted by Gasteiger charge is 2.13. The van der Waals surface area contributed by atoms with Gasteiger partial charge in [0.2, 0.25) is 0 Å². The molecule has 5 nitrogen and oxygen atoms in total. The number of anilines is 1. The molecule has 2 aromatic heterocycles. The largest absolute Gasteiger partial charge is 0.383 e. The molecule has 0 atom stereocenters. The Kier molecular flexibility index (Phi) is 4.77. The van der Waals surface area contributed by atoms with Crippen LogP contribution in [0.4, 0.5) is 5.69 Å². The second-order valence-electron chi connectivity index (χ2n) is 7.30. The number of nitrogens with one attached hydrogen (secondary N) is 3. The Morgan fingerprint density at radius 3 is 2.43 bits per heavy atom. The average molecular weight is 394 g/mol. The van der Waals surface area contributed by atoms with Crippen LogP contribution in [0.1, 0.15) is 16.8 Å². The van der Waals surface area contributed by atoms with Crippen LogP contribution in [-0.4, -0.2) is 29.0 Å². The van der Waals surface area contributed by atoms with Gasteiger partial charge in [-0.15, -0.1) is 0 Å². The Balaban J connectivity index is 1.36. The topological polar surface area (TPSA) is 69.8 Å². The van der Waals surface area contributed by atoms with E-state index in [0.717, 1.165) is 51.5 Å². The van der Waals surface area contributed by atoms with Crippen molar-refractivity contribution in [3.63, 3.8) is 0 Å². The van der Waals surface area contributed by atoms with Gasteiger partial charge in [0.15, 0.2) is 0 Å². The number of benzene rings is 3. The summed E-state index contributed by atoms with van der Waals surface area (Å²) in [4.78, 5) is 20.6. The number of pyridine rings is 1. The van der Waals surface area contributed by atoms with Gasteiger partial charge in [-0.3, -0.25) is 4.79 Å². The first kappa shape index (κ1) is 18.2. The van der Waals surface area contributed by atoms with Crippen molar-refractivity contribution in [3.8, 4) is 0 Å². The summed E-state index contributed by atoms with van der Waals surface area (Å²) >= 11 is 0. The maximum Gasteiger partial charge on any atom is 0.251 e. The monoisotopic (exact) mass is 394 g/mol. The molecule has 0 saturated carbocycles. The number of aromatic nitrogens is 2. The van der Waals surface area contributed by atoms with Gasteiger partial charge < -0.3 is 15.6 Å². The first-order valence-corrected chi connectivity index (χ1v) is 10.2. The molecule has 1 amide bonds. The third-order valence-corrected chi connectivity index (χ3v) is 5.31. The SMILES string of the molecule is O=C(NCCCNc1c2ccccc2nc2c1[nH]c1ccccc12)c1ccccc1. The van der Waals surface area contributed by atoms with Crippen molar-refractivity contribution >= 4 is 44.4 Å². The lowest BCUT2D eigenvalue weighted by Gasteiger charge is -2.12. The third kappa shape index (κ3) is 3.35. The van der Waals surface area contributed by atoms with Crippen LogP contribution in [0.2, 0.25) is 0 Å². The summed E-state index contributed by atoms with van der Waals surface area (Å²) in [7, 11) is 0. The molecule has 30 heavy (non-hydrogen) atoms. The quantitative estimate of drug-likeness (QED) is 0.351. The molecule has 5 aromatic rings. The van der Waals surface area contributed by atoms with Crippen LogP contribution < -0.4 is 10.6 Å². The number of aromatic amines is 1. The number of fused-ring (bicyclic) bond motifs is 4. The van der Waals surface area contributed by atoms with E-state index in [0.29, 0.717) is 12.1 Å². The van der Waals surface area contributed by atoms with Crippen LogP contribution in [0, 0.1) is 0 Å². The summed E-state index contributed by atoms with van der Waals surface area (Å²) in [6.07, 6.45) is 0.816. The highest BCUT2D eigenvalue weighted by Crippen LogP contribution is 2.34.